The molecule has 1 aliphatic rings. The van der Waals surface area contributed by atoms with Gasteiger partial charge in [0, 0.05) is 17.7 Å². The topological polar surface area (TPSA) is 93.1 Å². The zero-order chi connectivity index (χ0) is 19.8. The quantitative estimate of drug-likeness (QED) is 0.794. The molecule has 1 aromatic heterocycles. The second kappa shape index (κ2) is 6.86. The minimum atomic E-state index is -4.55. The summed E-state index contributed by atoms with van der Waals surface area (Å²) >= 11 is 0. The molecule has 1 aromatic carbocycles. The highest BCUT2D eigenvalue weighted by Gasteiger charge is 2.31. The second-order valence-corrected chi connectivity index (χ2v) is 6.18. The summed E-state index contributed by atoms with van der Waals surface area (Å²) in [6.07, 6.45) is -3.09. The number of amides is 2. The summed E-state index contributed by atoms with van der Waals surface area (Å²) in [5.41, 5.74) is 2.44. The molecule has 2 amide bonds. The third kappa shape index (κ3) is 4.15. The Labute approximate surface area is 151 Å². The lowest BCUT2D eigenvalue weighted by Crippen LogP contribution is -2.44. The van der Waals surface area contributed by atoms with Crippen LogP contribution in [-0.4, -0.2) is 21.6 Å². The van der Waals surface area contributed by atoms with Crippen LogP contribution >= 0.6 is 0 Å². The number of aromatic nitrogens is 2. The van der Waals surface area contributed by atoms with E-state index in [0.717, 1.165) is 35.7 Å². The first-order valence-corrected chi connectivity index (χ1v) is 8.05. The van der Waals surface area contributed by atoms with Gasteiger partial charge in [-0.25, -0.2) is 4.68 Å². The molecule has 0 atom stereocenters. The zero-order valence-corrected chi connectivity index (χ0v) is 14.1. The van der Waals surface area contributed by atoms with Crippen molar-refractivity contribution in [2.24, 2.45) is 5.92 Å². The van der Waals surface area contributed by atoms with Crippen molar-refractivity contribution in [2.75, 3.05) is 0 Å². The van der Waals surface area contributed by atoms with Crippen LogP contribution in [0.25, 0.3) is 5.69 Å². The molecule has 27 heavy (non-hydrogen) atoms. The molecule has 10 heteroatoms. The largest absolute Gasteiger partial charge is 0.416 e. The van der Waals surface area contributed by atoms with Crippen molar-refractivity contribution >= 4 is 11.8 Å². The van der Waals surface area contributed by atoms with Crippen LogP contribution in [-0.2, 0) is 11.0 Å². The number of hydrogen-bond acceptors (Lipinski definition) is 4. The van der Waals surface area contributed by atoms with Gasteiger partial charge in [0.25, 0.3) is 5.91 Å². The molecular formula is C17H15F3N4O3. The average molecular weight is 380 g/mol. The Hall–Kier alpha value is -3.17. The van der Waals surface area contributed by atoms with E-state index in [1.165, 1.54) is 19.1 Å². The maximum absolute atomic E-state index is 12.9. The molecule has 2 N–H and O–H groups in total. The summed E-state index contributed by atoms with van der Waals surface area (Å²) in [4.78, 5) is 35.8. The highest BCUT2D eigenvalue weighted by atomic mass is 19.4. The summed E-state index contributed by atoms with van der Waals surface area (Å²) < 4.78 is 39.8. The van der Waals surface area contributed by atoms with Crippen molar-refractivity contribution in [3.8, 4) is 5.69 Å². The van der Waals surface area contributed by atoms with Crippen LogP contribution in [0, 0.1) is 12.8 Å². The van der Waals surface area contributed by atoms with Gasteiger partial charge >= 0.3 is 6.18 Å². The molecule has 0 aliphatic heterocycles. The maximum atomic E-state index is 12.9. The van der Waals surface area contributed by atoms with E-state index in [4.69, 9.17) is 0 Å². The number of carbonyl (C=O) groups excluding carboxylic acids is 2. The van der Waals surface area contributed by atoms with Crippen molar-refractivity contribution in [1.82, 2.24) is 20.6 Å². The number of carbonyl (C=O) groups is 2. The van der Waals surface area contributed by atoms with Crippen molar-refractivity contribution < 1.29 is 22.8 Å². The molecular weight excluding hydrogens is 365 g/mol. The van der Waals surface area contributed by atoms with Gasteiger partial charge in [0.05, 0.1) is 11.3 Å². The Kier molecular flexibility index (Phi) is 4.73. The predicted octanol–water partition coefficient (Wildman–Crippen LogP) is 1.73. The van der Waals surface area contributed by atoms with E-state index >= 15 is 0 Å². The molecule has 1 fully saturated rings. The molecule has 1 aliphatic carbocycles. The van der Waals surface area contributed by atoms with Crippen LogP contribution < -0.4 is 16.3 Å². The first kappa shape index (κ1) is 18.6. The smallest absolute Gasteiger partial charge is 0.287 e. The molecule has 3 rings (SSSR count). The zero-order valence-electron chi connectivity index (χ0n) is 14.1. The monoisotopic (exact) mass is 380 g/mol. The SMILES string of the molecule is Cc1cc(=O)c(C(=O)NNC(=O)C2CC2)nn1-c1cccc(C(F)(F)F)c1. The van der Waals surface area contributed by atoms with Gasteiger partial charge in [0.15, 0.2) is 5.69 Å². The van der Waals surface area contributed by atoms with Crippen molar-refractivity contribution in [2.45, 2.75) is 25.9 Å². The first-order valence-electron chi connectivity index (χ1n) is 8.05. The number of nitrogens with one attached hydrogen (secondary N) is 2. The van der Waals surface area contributed by atoms with E-state index in [9.17, 15) is 27.6 Å². The summed E-state index contributed by atoms with van der Waals surface area (Å²) in [5, 5.41) is 3.88. The fourth-order valence-corrected chi connectivity index (χ4v) is 2.41. The second-order valence-electron chi connectivity index (χ2n) is 6.18. The van der Waals surface area contributed by atoms with Crippen LogP contribution in [0.5, 0.6) is 0 Å². The van der Waals surface area contributed by atoms with Gasteiger partial charge in [-0.3, -0.25) is 25.2 Å². The molecule has 1 heterocycles. The maximum Gasteiger partial charge on any atom is 0.416 e. The minimum absolute atomic E-state index is 0.0402. The highest BCUT2D eigenvalue weighted by molar-refractivity contribution is 5.93. The standard InChI is InChI=1S/C17H15F3N4O3/c1-9-7-13(25)14(16(27)22-21-15(26)10-5-6-10)23-24(9)12-4-2-3-11(8-12)17(18,19)20/h2-4,7-8,10H,5-6H2,1H3,(H,21,26)(H,22,27). The first-order chi connectivity index (χ1) is 12.7. The molecule has 142 valence electrons. The van der Waals surface area contributed by atoms with Gasteiger partial charge < -0.3 is 0 Å². The fraction of sp³-hybridized carbons (Fsp3) is 0.294. The number of benzene rings is 1. The van der Waals surface area contributed by atoms with Gasteiger partial charge in [-0.2, -0.15) is 18.3 Å². The Balaban J connectivity index is 1.91. The van der Waals surface area contributed by atoms with E-state index in [0.29, 0.717) is 0 Å². The van der Waals surface area contributed by atoms with Crippen LogP contribution in [0.4, 0.5) is 13.2 Å². The summed E-state index contributed by atoms with van der Waals surface area (Å²) in [6, 6.07) is 5.43. The van der Waals surface area contributed by atoms with Crippen LogP contribution in [0.2, 0.25) is 0 Å². The number of hydrazine groups is 1. The normalized spacial score (nSPS) is 13.9. The highest BCUT2D eigenvalue weighted by Crippen LogP contribution is 2.30. The van der Waals surface area contributed by atoms with Gasteiger partial charge in [-0.1, -0.05) is 6.07 Å². The van der Waals surface area contributed by atoms with E-state index in [-0.39, 0.29) is 23.2 Å². The molecule has 0 radical (unpaired) electrons. The summed E-state index contributed by atoms with van der Waals surface area (Å²) in [6.45, 7) is 1.48. The van der Waals surface area contributed by atoms with Gasteiger partial charge in [0.1, 0.15) is 0 Å². The van der Waals surface area contributed by atoms with E-state index in [2.05, 4.69) is 16.0 Å². The lowest BCUT2D eigenvalue weighted by molar-refractivity contribution is -0.137. The lowest BCUT2D eigenvalue weighted by Gasteiger charge is -2.13. The number of alkyl halides is 3. The van der Waals surface area contributed by atoms with Gasteiger partial charge in [-0.15, -0.1) is 0 Å². The molecule has 7 nitrogen and oxygen atoms in total. The number of hydrogen-bond donors (Lipinski definition) is 2. The van der Waals surface area contributed by atoms with E-state index in [1.807, 2.05) is 0 Å². The Morgan fingerprint density at radius 1 is 1.19 bits per heavy atom. The summed E-state index contributed by atoms with van der Waals surface area (Å²) in [7, 11) is 0. The fourth-order valence-electron chi connectivity index (χ4n) is 2.41. The van der Waals surface area contributed by atoms with Crippen LogP contribution in [0.3, 0.4) is 0 Å². The third-order valence-electron chi connectivity index (χ3n) is 3.99. The molecule has 0 unspecified atom stereocenters. The van der Waals surface area contributed by atoms with Crippen molar-refractivity contribution in [3.63, 3.8) is 0 Å². The molecule has 2 aromatic rings. The van der Waals surface area contributed by atoms with Crippen LogP contribution in [0.15, 0.2) is 35.1 Å². The predicted molar refractivity (Wildman–Crippen MR) is 87.9 cm³/mol. The Morgan fingerprint density at radius 3 is 2.52 bits per heavy atom. The number of halogens is 3. The van der Waals surface area contributed by atoms with E-state index < -0.39 is 28.8 Å². The molecule has 0 bridgehead atoms. The minimum Gasteiger partial charge on any atom is -0.287 e. The van der Waals surface area contributed by atoms with Crippen molar-refractivity contribution in [1.29, 1.82) is 0 Å². The molecule has 0 spiro atoms. The molecule has 0 saturated heterocycles. The lowest BCUT2D eigenvalue weighted by atomic mass is 10.2. The van der Waals surface area contributed by atoms with Crippen LogP contribution in [0.1, 0.15) is 34.6 Å². The number of aryl methyl sites for hydroxylation is 1. The number of rotatable bonds is 3. The number of nitrogens with zero attached hydrogens (tertiary/aromatic N) is 2. The van der Waals surface area contributed by atoms with Gasteiger partial charge in [0.2, 0.25) is 11.3 Å². The van der Waals surface area contributed by atoms with E-state index in [1.54, 1.807) is 0 Å². The molecule has 1 saturated carbocycles. The Morgan fingerprint density at radius 2 is 1.89 bits per heavy atom. The third-order valence-corrected chi connectivity index (χ3v) is 3.99. The Bertz CT molecular complexity index is 965. The van der Waals surface area contributed by atoms with Crippen molar-refractivity contribution in [3.05, 3.63) is 57.5 Å². The average Bonchev–Trinajstić information content (AvgIpc) is 3.44. The van der Waals surface area contributed by atoms with Gasteiger partial charge in [-0.05, 0) is 38.0 Å². The summed E-state index contributed by atoms with van der Waals surface area (Å²) in [5.74, 6) is -1.47.